The van der Waals surface area contributed by atoms with Crippen LogP contribution in [-0.2, 0) is 0 Å². The van der Waals surface area contributed by atoms with Crippen molar-refractivity contribution in [2.75, 3.05) is 0 Å². The Labute approximate surface area is 98.3 Å². The smallest absolute Gasteiger partial charge is 0.409 e. The molecule has 2 rings (SSSR count). The van der Waals surface area contributed by atoms with Crippen LogP contribution in [0.25, 0.3) is 11.3 Å². The zero-order chi connectivity index (χ0) is 12.3. The van der Waals surface area contributed by atoms with E-state index in [-0.39, 0.29) is 0 Å². The maximum absolute atomic E-state index is 10.5. The highest BCUT2D eigenvalue weighted by Crippen LogP contribution is 2.19. The summed E-state index contributed by atoms with van der Waals surface area (Å²) in [4.78, 5) is 18.9. The molecule has 17 heavy (non-hydrogen) atoms. The number of rotatable bonds is 2. The highest BCUT2D eigenvalue weighted by molar-refractivity contribution is 5.68. The van der Waals surface area contributed by atoms with Crippen LogP contribution in [0.2, 0.25) is 0 Å². The summed E-state index contributed by atoms with van der Waals surface area (Å²) in [5.74, 6) is 0.404. The second-order valence-electron chi connectivity index (χ2n) is 3.49. The van der Waals surface area contributed by atoms with Crippen molar-refractivity contribution in [1.29, 1.82) is 0 Å². The summed E-state index contributed by atoms with van der Waals surface area (Å²) in [6, 6.07) is 6.89. The summed E-state index contributed by atoms with van der Waals surface area (Å²) in [6.07, 6.45) is 2.57. The molecule has 0 spiro atoms. The van der Waals surface area contributed by atoms with Gasteiger partial charge in [-0.1, -0.05) is 0 Å². The van der Waals surface area contributed by atoms with Crippen molar-refractivity contribution in [3.05, 3.63) is 42.4 Å². The largest absolute Gasteiger partial charge is 0.411 e. The Balaban J connectivity index is 2.23. The van der Waals surface area contributed by atoms with Crippen LogP contribution in [0, 0.1) is 6.92 Å². The molecule has 1 aromatic carbocycles. The third-order valence-electron chi connectivity index (χ3n) is 2.15. The van der Waals surface area contributed by atoms with Gasteiger partial charge in [-0.25, -0.2) is 4.79 Å². The summed E-state index contributed by atoms with van der Waals surface area (Å²) in [7, 11) is 0. The molecule has 1 aromatic heterocycles. The van der Waals surface area contributed by atoms with Crippen molar-refractivity contribution < 1.29 is 9.53 Å². The van der Waals surface area contributed by atoms with Crippen molar-refractivity contribution in [2.24, 2.45) is 5.73 Å². The molecule has 1 heterocycles. The second-order valence-corrected chi connectivity index (χ2v) is 3.49. The Morgan fingerprint density at radius 3 is 2.41 bits per heavy atom. The minimum Gasteiger partial charge on any atom is -0.411 e. The minimum absolute atomic E-state index is 0.404. The molecular formula is C12H11N3O2. The zero-order valence-electron chi connectivity index (χ0n) is 9.25. The number of amides is 1. The lowest BCUT2D eigenvalue weighted by Crippen LogP contribution is -2.16. The average molecular weight is 229 g/mol. The fourth-order valence-corrected chi connectivity index (χ4v) is 1.35. The molecule has 0 saturated heterocycles. The summed E-state index contributed by atoms with van der Waals surface area (Å²) >= 11 is 0. The summed E-state index contributed by atoms with van der Waals surface area (Å²) < 4.78 is 4.73. The molecule has 2 aromatic rings. The van der Waals surface area contributed by atoms with Gasteiger partial charge in [0.15, 0.2) is 0 Å². The summed E-state index contributed by atoms with van der Waals surface area (Å²) in [5.41, 5.74) is 7.43. The van der Waals surface area contributed by atoms with Gasteiger partial charge in [0, 0.05) is 11.8 Å². The molecule has 0 aliphatic heterocycles. The molecule has 0 aliphatic rings. The summed E-state index contributed by atoms with van der Waals surface area (Å²) in [5, 5.41) is 0. The number of nitrogens with two attached hydrogens (primary N) is 1. The van der Waals surface area contributed by atoms with Gasteiger partial charge in [0.25, 0.3) is 0 Å². The molecule has 2 N–H and O–H groups in total. The first-order chi connectivity index (χ1) is 8.15. The van der Waals surface area contributed by atoms with Gasteiger partial charge in [0.2, 0.25) is 0 Å². The van der Waals surface area contributed by atoms with Crippen LogP contribution < -0.4 is 10.5 Å². The Kier molecular flexibility index (Phi) is 3.00. The maximum Gasteiger partial charge on any atom is 0.409 e. The molecule has 0 saturated carbocycles. The van der Waals surface area contributed by atoms with Gasteiger partial charge >= 0.3 is 6.09 Å². The molecule has 0 atom stereocenters. The lowest BCUT2D eigenvalue weighted by Gasteiger charge is -2.03. The molecule has 1 amide bonds. The van der Waals surface area contributed by atoms with Gasteiger partial charge in [-0.3, -0.25) is 9.97 Å². The minimum atomic E-state index is -0.826. The Bertz CT molecular complexity index is 520. The topological polar surface area (TPSA) is 78.1 Å². The van der Waals surface area contributed by atoms with Gasteiger partial charge in [-0.2, -0.15) is 0 Å². The molecule has 5 heteroatoms. The van der Waals surface area contributed by atoms with E-state index in [9.17, 15) is 4.79 Å². The lowest BCUT2D eigenvalue weighted by atomic mass is 10.1. The van der Waals surface area contributed by atoms with Crippen molar-refractivity contribution in [1.82, 2.24) is 9.97 Å². The van der Waals surface area contributed by atoms with Crippen LogP contribution in [0.3, 0.4) is 0 Å². The average Bonchev–Trinajstić information content (AvgIpc) is 2.30. The number of primary amides is 1. The predicted molar refractivity (Wildman–Crippen MR) is 62.4 cm³/mol. The first-order valence-electron chi connectivity index (χ1n) is 5.01. The van der Waals surface area contributed by atoms with Crippen LogP contribution >= 0.6 is 0 Å². The van der Waals surface area contributed by atoms with Gasteiger partial charge in [-0.15, -0.1) is 0 Å². The standard InChI is InChI=1S/C12H11N3O2/c1-8-6-15-11(7-14-8)9-2-4-10(5-3-9)17-12(13)16/h2-7H,1H3,(H2,13,16). The van der Waals surface area contributed by atoms with Crippen LogP contribution in [0.1, 0.15) is 5.69 Å². The third-order valence-corrected chi connectivity index (χ3v) is 2.15. The van der Waals surface area contributed by atoms with E-state index >= 15 is 0 Å². The third kappa shape index (κ3) is 2.78. The van der Waals surface area contributed by atoms with Crippen LogP contribution in [0.5, 0.6) is 5.75 Å². The fourth-order valence-electron chi connectivity index (χ4n) is 1.35. The van der Waals surface area contributed by atoms with Gasteiger partial charge in [-0.05, 0) is 31.2 Å². The predicted octanol–water partition coefficient (Wildman–Crippen LogP) is 1.91. The molecule has 0 unspecified atom stereocenters. The number of hydrogen-bond donors (Lipinski definition) is 1. The highest BCUT2D eigenvalue weighted by atomic mass is 16.5. The Morgan fingerprint density at radius 1 is 1.18 bits per heavy atom. The van der Waals surface area contributed by atoms with E-state index in [1.165, 1.54) is 0 Å². The van der Waals surface area contributed by atoms with E-state index in [0.29, 0.717) is 5.75 Å². The molecular weight excluding hydrogens is 218 g/mol. The number of aromatic nitrogens is 2. The van der Waals surface area contributed by atoms with Crippen LogP contribution in [0.15, 0.2) is 36.7 Å². The second kappa shape index (κ2) is 4.61. The number of nitrogens with zero attached hydrogens (tertiary/aromatic N) is 2. The highest BCUT2D eigenvalue weighted by Gasteiger charge is 2.02. The van der Waals surface area contributed by atoms with Crippen LogP contribution in [-0.4, -0.2) is 16.1 Å². The van der Waals surface area contributed by atoms with E-state index in [1.807, 2.05) is 6.92 Å². The SMILES string of the molecule is Cc1cnc(-c2ccc(OC(N)=O)cc2)cn1. The summed E-state index contributed by atoms with van der Waals surface area (Å²) in [6.45, 7) is 1.88. The number of aryl methyl sites for hydroxylation is 1. The number of ether oxygens (including phenoxy) is 1. The number of carbonyl (C=O) groups is 1. The molecule has 5 nitrogen and oxygen atoms in total. The fraction of sp³-hybridized carbons (Fsp3) is 0.0833. The van der Waals surface area contributed by atoms with E-state index in [0.717, 1.165) is 17.0 Å². The van der Waals surface area contributed by atoms with E-state index in [1.54, 1.807) is 36.7 Å². The van der Waals surface area contributed by atoms with E-state index < -0.39 is 6.09 Å². The van der Waals surface area contributed by atoms with Crippen molar-refractivity contribution in [2.45, 2.75) is 6.92 Å². The van der Waals surface area contributed by atoms with Crippen molar-refractivity contribution in [3.8, 4) is 17.0 Å². The normalized spacial score (nSPS) is 9.94. The van der Waals surface area contributed by atoms with E-state index in [4.69, 9.17) is 10.5 Å². The molecule has 0 fully saturated rings. The van der Waals surface area contributed by atoms with Gasteiger partial charge < -0.3 is 10.5 Å². The number of carbonyl (C=O) groups excluding carboxylic acids is 1. The zero-order valence-corrected chi connectivity index (χ0v) is 9.25. The Hall–Kier alpha value is -2.43. The first-order valence-corrected chi connectivity index (χ1v) is 5.01. The van der Waals surface area contributed by atoms with Gasteiger partial charge in [0.05, 0.1) is 17.6 Å². The molecule has 0 aliphatic carbocycles. The van der Waals surface area contributed by atoms with E-state index in [2.05, 4.69) is 9.97 Å². The number of benzene rings is 1. The first kappa shape index (κ1) is 11.1. The van der Waals surface area contributed by atoms with Gasteiger partial charge in [0.1, 0.15) is 5.75 Å². The molecule has 0 radical (unpaired) electrons. The van der Waals surface area contributed by atoms with Crippen molar-refractivity contribution in [3.63, 3.8) is 0 Å². The monoisotopic (exact) mass is 229 g/mol. The molecule has 0 bridgehead atoms. The Morgan fingerprint density at radius 2 is 1.88 bits per heavy atom. The maximum atomic E-state index is 10.5. The van der Waals surface area contributed by atoms with Crippen LogP contribution in [0.4, 0.5) is 4.79 Å². The lowest BCUT2D eigenvalue weighted by molar-refractivity contribution is 0.211. The number of hydrogen-bond acceptors (Lipinski definition) is 4. The quantitative estimate of drug-likeness (QED) is 0.853. The van der Waals surface area contributed by atoms with Crippen molar-refractivity contribution >= 4 is 6.09 Å². The molecule has 86 valence electrons.